The Kier molecular flexibility index (Phi) is 11.0. The first-order chi connectivity index (χ1) is 18.7. The number of imidazole rings is 1. The molecule has 0 saturated carbocycles. The van der Waals surface area contributed by atoms with Gasteiger partial charge in [-0.2, -0.15) is 0 Å². The van der Waals surface area contributed by atoms with Gasteiger partial charge in [0, 0.05) is 38.5 Å². The summed E-state index contributed by atoms with van der Waals surface area (Å²) in [6, 6.07) is 21.6. The van der Waals surface area contributed by atoms with E-state index in [1.807, 2.05) is 66.2 Å². The Labute approximate surface area is 256 Å². The van der Waals surface area contributed by atoms with Crippen molar-refractivity contribution in [1.82, 2.24) is 14.9 Å². The average Bonchev–Trinajstić information content (AvgIpc) is 3.40. The van der Waals surface area contributed by atoms with Crippen molar-refractivity contribution < 1.29 is 19.1 Å². The number of benzene rings is 3. The molecule has 11 heteroatoms. The molecule has 5 rings (SSSR count). The number of ether oxygens (including phenoxy) is 2. The number of carbonyl (C=O) groups excluding carboxylic acids is 2. The highest BCUT2D eigenvalue weighted by Gasteiger charge is 2.31. The molecular formula is C30H34Cl2N4O4S. The summed E-state index contributed by atoms with van der Waals surface area (Å²) in [5.74, 6) is 3.37. The van der Waals surface area contributed by atoms with Crippen LogP contribution in [0.5, 0.6) is 17.2 Å². The molecule has 3 aromatic carbocycles. The fraction of sp³-hybridized carbons (Fsp3) is 0.300. The van der Waals surface area contributed by atoms with Crippen molar-refractivity contribution in [3.63, 3.8) is 0 Å². The van der Waals surface area contributed by atoms with Crippen molar-refractivity contribution in [2.24, 2.45) is 13.0 Å². The van der Waals surface area contributed by atoms with Crippen molar-refractivity contribution in [3.8, 4) is 17.2 Å². The minimum Gasteiger partial charge on any atom is -0.486 e. The fourth-order valence-corrected chi connectivity index (χ4v) is 5.46. The monoisotopic (exact) mass is 616 g/mol. The number of fused-ring (bicyclic) bond motifs is 1. The molecule has 1 aromatic heterocycles. The van der Waals surface area contributed by atoms with Crippen LogP contribution in [0.4, 0.5) is 10.5 Å². The van der Waals surface area contributed by atoms with Crippen LogP contribution in [0.3, 0.4) is 0 Å². The van der Waals surface area contributed by atoms with Gasteiger partial charge in [0.1, 0.15) is 29.7 Å². The summed E-state index contributed by atoms with van der Waals surface area (Å²) in [5, 5.41) is 1.65. The highest BCUT2D eigenvalue weighted by atomic mass is 35.5. The molecule has 1 unspecified atom stereocenters. The maximum absolute atomic E-state index is 11.8. The van der Waals surface area contributed by atoms with Crippen LogP contribution >= 0.6 is 36.6 Å². The van der Waals surface area contributed by atoms with Crippen LogP contribution in [-0.2, 0) is 24.9 Å². The average molecular weight is 618 g/mol. The minimum atomic E-state index is -0.381. The van der Waals surface area contributed by atoms with E-state index in [9.17, 15) is 9.59 Å². The summed E-state index contributed by atoms with van der Waals surface area (Å²) in [5.41, 5.74) is 3.91. The summed E-state index contributed by atoms with van der Waals surface area (Å²) in [6.45, 7) is 5.69. The number of imide groups is 1. The van der Waals surface area contributed by atoms with Gasteiger partial charge in [0.25, 0.3) is 5.24 Å². The first kappa shape index (κ1) is 32.1. The predicted octanol–water partition coefficient (Wildman–Crippen LogP) is 6.77. The largest absolute Gasteiger partial charge is 0.486 e. The highest BCUT2D eigenvalue weighted by Crippen LogP contribution is 2.29. The Morgan fingerprint density at radius 2 is 1.71 bits per heavy atom. The molecule has 41 heavy (non-hydrogen) atoms. The quantitative estimate of drug-likeness (QED) is 0.210. The van der Waals surface area contributed by atoms with Crippen LogP contribution in [0, 0.1) is 5.92 Å². The second-order valence-corrected chi connectivity index (χ2v) is 11.3. The second-order valence-electron chi connectivity index (χ2n) is 10.1. The number of nitrogens with zero attached hydrogens (tertiary/aromatic N) is 3. The summed E-state index contributed by atoms with van der Waals surface area (Å²) in [7, 11) is 4.06. The van der Waals surface area contributed by atoms with E-state index in [2.05, 4.69) is 43.2 Å². The molecule has 1 aliphatic rings. The Morgan fingerprint density at radius 1 is 1.00 bits per heavy atom. The number of nitrogens with one attached hydrogen (secondary N) is 1. The van der Waals surface area contributed by atoms with Crippen molar-refractivity contribution in [3.05, 3.63) is 78.1 Å². The first-order valence-electron chi connectivity index (χ1n) is 12.9. The van der Waals surface area contributed by atoms with Gasteiger partial charge in [0.2, 0.25) is 5.91 Å². The van der Waals surface area contributed by atoms with E-state index < -0.39 is 0 Å². The lowest BCUT2D eigenvalue weighted by Gasteiger charge is -2.22. The lowest BCUT2D eigenvalue weighted by molar-refractivity contribution is -0.118. The van der Waals surface area contributed by atoms with Gasteiger partial charge in [-0.3, -0.25) is 14.9 Å². The minimum absolute atomic E-state index is 0. The molecule has 8 nitrogen and oxygen atoms in total. The normalized spacial score (nSPS) is 14.4. The maximum atomic E-state index is 11.8. The van der Waals surface area contributed by atoms with E-state index in [0.717, 1.165) is 57.9 Å². The third kappa shape index (κ3) is 7.87. The van der Waals surface area contributed by atoms with Crippen molar-refractivity contribution in [2.75, 3.05) is 18.5 Å². The van der Waals surface area contributed by atoms with Crippen LogP contribution < -0.4 is 19.7 Å². The molecule has 2 amide bonds. The number of hydrogen-bond acceptors (Lipinski definition) is 7. The smallest absolute Gasteiger partial charge is 0.286 e. The molecule has 218 valence electrons. The Hall–Kier alpha value is -3.40. The zero-order valence-corrected chi connectivity index (χ0v) is 25.8. The number of halogens is 2. The lowest BCUT2D eigenvalue weighted by Crippen LogP contribution is -2.25. The van der Waals surface area contributed by atoms with E-state index >= 15 is 0 Å². The maximum Gasteiger partial charge on any atom is 0.286 e. The van der Waals surface area contributed by atoms with Gasteiger partial charge >= 0.3 is 0 Å². The summed E-state index contributed by atoms with van der Waals surface area (Å²) in [4.78, 5) is 30.2. The van der Waals surface area contributed by atoms with Gasteiger partial charge in [-0.1, -0.05) is 43.8 Å². The number of aryl methyl sites for hydroxylation is 1. The van der Waals surface area contributed by atoms with Crippen LogP contribution in [0.1, 0.15) is 25.2 Å². The van der Waals surface area contributed by atoms with Crippen molar-refractivity contribution >= 4 is 64.4 Å². The molecule has 1 atom stereocenters. The van der Waals surface area contributed by atoms with E-state index in [4.69, 9.17) is 14.5 Å². The van der Waals surface area contributed by atoms with Crippen LogP contribution in [0.15, 0.2) is 66.7 Å². The van der Waals surface area contributed by atoms with Crippen molar-refractivity contribution in [1.29, 1.82) is 0 Å². The lowest BCUT2D eigenvalue weighted by atomic mass is 10.1. The number of anilines is 1. The number of aromatic nitrogens is 2. The number of carbonyl (C=O) groups is 2. The van der Waals surface area contributed by atoms with E-state index in [1.165, 1.54) is 0 Å². The SMILES string of the molecule is CC(C)CN(C)c1cccc(Oc2ccc3nc(COc4ccc(CC5SC(=O)NC5=O)cc4)n(C)c3c2)c1.Cl.Cl. The number of thioether (sulfide) groups is 1. The molecule has 1 fully saturated rings. The molecular weight excluding hydrogens is 583 g/mol. The third-order valence-corrected chi connectivity index (χ3v) is 7.54. The predicted molar refractivity (Wildman–Crippen MR) is 169 cm³/mol. The van der Waals surface area contributed by atoms with Gasteiger partial charge in [0.15, 0.2) is 0 Å². The van der Waals surface area contributed by atoms with Gasteiger partial charge in [-0.15, -0.1) is 24.8 Å². The van der Waals surface area contributed by atoms with Crippen LogP contribution in [0.2, 0.25) is 0 Å². The van der Waals surface area contributed by atoms with Crippen LogP contribution in [0.25, 0.3) is 11.0 Å². The Bertz CT molecular complexity index is 1510. The summed E-state index contributed by atoms with van der Waals surface area (Å²) >= 11 is 1.04. The molecule has 0 bridgehead atoms. The van der Waals surface area contributed by atoms with E-state index in [-0.39, 0.29) is 41.2 Å². The van der Waals surface area contributed by atoms with Gasteiger partial charge in [-0.05, 0) is 54.3 Å². The van der Waals surface area contributed by atoms with Gasteiger partial charge < -0.3 is 18.9 Å². The second kappa shape index (κ2) is 14.0. The molecule has 1 N–H and O–H groups in total. The fourth-order valence-electron chi connectivity index (χ4n) is 4.60. The molecule has 1 saturated heterocycles. The molecule has 0 aliphatic carbocycles. The number of hydrogen-bond donors (Lipinski definition) is 1. The standard InChI is InChI=1S/C30H32N4O4S.2ClH/c1-19(2)17-33(3)21-6-5-7-23(15-21)38-24-12-13-25-26(16-24)34(4)28(31-25)18-37-22-10-8-20(9-11-22)14-27-29(35)32-30(36)39-27;;/h5-13,15-16,19,27H,14,17-18H2,1-4H3,(H,32,35,36);2*1H. The number of amides is 2. The zero-order chi connectivity index (χ0) is 27.5. The van der Waals surface area contributed by atoms with E-state index in [1.54, 1.807) is 0 Å². The van der Waals surface area contributed by atoms with Gasteiger partial charge in [0.05, 0.1) is 16.3 Å². The molecule has 1 aliphatic heterocycles. The zero-order valence-electron chi connectivity index (χ0n) is 23.3. The highest BCUT2D eigenvalue weighted by molar-refractivity contribution is 8.15. The first-order valence-corrected chi connectivity index (χ1v) is 13.8. The number of rotatable bonds is 10. The Balaban J connectivity index is 0.00000231. The third-order valence-electron chi connectivity index (χ3n) is 6.56. The van der Waals surface area contributed by atoms with Crippen molar-refractivity contribution in [2.45, 2.75) is 32.1 Å². The summed E-state index contributed by atoms with van der Waals surface area (Å²) in [6.07, 6.45) is 0.497. The molecule has 0 spiro atoms. The Morgan fingerprint density at radius 3 is 2.39 bits per heavy atom. The van der Waals surface area contributed by atoms with Gasteiger partial charge in [-0.25, -0.2) is 4.98 Å². The van der Waals surface area contributed by atoms with Crippen LogP contribution in [-0.4, -0.2) is 39.5 Å². The molecule has 0 radical (unpaired) electrons. The van der Waals surface area contributed by atoms with E-state index in [0.29, 0.717) is 24.7 Å². The molecule has 2 heterocycles. The molecule has 4 aromatic rings. The summed E-state index contributed by atoms with van der Waals surface area (Å²) < 4.78 is 14.2. The topological polar surface area (TPSA) is 85.7 Å².